The molecule has 0 radical (unpaired) electrons. The lowest BCUT2D eigenvalue weighted by Crippen LogP contribution is -2.31. The van der Waals surface area contributed by atoms with Crippen LogP contribution >= 0.6 is 0 Å². The van der Waals surface area contributed by atoms with Gasteiger partial charge in [0.15, 0.2) is 0 Å². The summed E-state index contributed by atoms with van der Waals surface area (Å²) in [4.78, 5) is 11.2. The molecule has 0 saturated carbocycles. The van der Waals surface area contributed by atoms with Crippen LogP contribution in [-0.4, -0.2) is 25.7 Å². The van der Waals surface area contributed by atoms with Crippen LogP contribution in [0.3, 0.4) is 0 Å². The molecule has 2 atom stereocenters. The second-order valence-electron chi connectivity index (χ2n) is 7.07. The quantitative estimate of drug-likeness (QED) is 0.688. The van der Waals surface area contributed by atoms with E-state index in [4.69, 9.17) is 4.74 Å². The van der Waals surface area contributed by atoms with Crippen LogP contribution in [0.15, 0.2) is 42.5 Å². The molecule has 0 heterocycles. The van der Waals surface area contributed by atoms with Crippen molar-refractivity contribution in [2.24, 2.45) is 11.8 Å². The number of benzene rings is 1. The van der Waals surface area contributed by atoms with Gasteiger partial charge in [0.05, 0.1) is 6.10 Å². The van der Waals surface area contributed by atoms with Gasteiger partial charge in [-0.2, -0.15) is 0 Å². The van der Waals surface area contributed by atoms with Crippen molar-refractivity contribution in [3.63, 3.8) is 0 Å². The first-order valence-corrected chi connectivity index (χ1v) is 9.95. The number of hydrogen-bond acceptors (Lipinski definition) is 2. The Hall–Kier alpha value is -1.61. The SMILES string of the molecule is CCC(C)C(=O)NCC(C)C.CCc1ccccc1.COC1C=CCC1. The van der Waals surface area contributed by atoms with E-state index in [2.05, 4.69) is 62.5 Å². The van der Waals surface area contributed by atoms with E-state index in [-0.39, 0.29) is 11.8 Å². The Bertz CT molecular complexity index is 482. The Morgan fingerprint density at radius 2 is 1.85 bits per heavy atom. The van der Waals surface area contributed by atoms with Gasteiger partial charge in [-0.25, -0.2) is 0 Å². The third-order valence-electron chi connectivity index (χ3n) is 4.27. The van der Waals surface area contributed by atoms with E-state index in [9.17, 15) is 4.79 Å². The molecule has 1 amide bonds. The highest BCUT2D eigenvalue weighted by Crippen LogP contribution is 2.10. The van der Waals surface area contributed by atoms with Gasteiger partial charge in [-0.3, -0.25) is 4.79 Å². The Kier molecular flexibility index (Phi) is 14.7. The van der Waals surface area contributed by atoms with Crippen molar-refractivity contribution in [3.05, 3.63) is 48.0 Å². The van der Waals surface area contributed by atoms with E-state index < -0.39 is 0 Å². The maximum atomic E-state index is 11.2. The molecule has 0 bridgehead atoms. The third kappa shape index (κ3) is 12.7. The molecular weight excluding hydrogens is 322 g/mol. The molecule has 26 heavy (non-hydrogen) atoms. The monoisotopic (exact) mass is 361 g/mol. The van der Waals surface area contributed by atoms with E-state index in [1.165, 1.54) is 18.4 Å². The molecule has 0 aromatic heterocycles. The smallest absolute Gasteiger partial charge is 0.222 e. The number of amides is 1. The molecule has 148 valence electrons. The maximum absolute atomic E-state index is 11.2. The number of nitrogens with one attached hydrogen (secondary N) is 1. The first-order valence-electron chi connectivity index (χ1n) is 9.95. The van der Waals surface area contributed by atoms with Crippen LogP contribution in [-0.2, 0) is 16.0 Å². The summed E-state index contributed by atoms with van der Waals surface area (Å²) in [6.07, 6.45) is 9.12. The van der Waals surface area contributed by atoms with E-state index in [0.29, 0.717) is 12.0 Å². The zero-order chi connectivity index (χ0) is 19.8. The first-order chi connectivity index (χ1) is 12.4. The molecule has 1 N–H and O–H groups in total. The number of ether oxygens (including phenoxy) is 1. The van der Waals surface area contributed by atoms with Crippen molar-refractivity contribution in [1.82, 2.24) is 5.32 Å². The van der Waals surface area contributed by atoms with Gasteiger partial charge in [-0.05, 0) is 37.2 Å². The van der Waals surface area contributed by atoms with E-state index >= 15 is 0 Å². The van der Waals surface area contributed by atoms with Gasteiger partial charge in [0, 0.05) is 19.6 Å². The highest BCUT2D eigenvalue weighted by molar-refractivity contribution is 5.78. The van der Waals surface area contributed by atoms with Crippen LogP contribution < -0.4 is 5.32 Å². The van der Waals surface area contributed by atoms with Gasteiger partial charge in [0.25, 0.3) is 0 Å². The second-order valence-corrected chi connectivity index (χ2v) is 7.07. The fourth-order valence-corrected chi connectivity index (χ4v) is 2.18. The molecule has 1 aliphatic rings. The van der Waals surface area contributed by atoms with Crippen LogP contribution in [0, 0.1) is 11.8 Å². The highest BCUT2D eigenvalue weighted by Gasteiger charge is 2.09. The number of methoxy groups -OCH3 is 1. The summed E-state index contributed by atoms with van der Waals surface area (Å²) in [7, 11) is 1.75. The molecule has 1 aromatic rings. The third-order valence-corrected chi connectivity index (χ3v) is 4.27. The minimum Gasteiger partial charge on any atom is -0.377 e. The van der Waals surface area contributed by atoms with Gasteiger partial charge >= 0.3 is 0 Å². The van der Waals surface area contributed by atoms with Crippen molar-refractivity contribution in [2.45, 2.75) is 66.4 Å². The summed E-state index contributed by atoms with van der Waals surface area (Å²) in [5.74, 6) is 0.887. The van der Waals surface area contributed by atoms with E-state index in [1.807, 2.05) is 19.9 Å². The van der Waals surface area contributed by atoms with Crippen LogP contribution in [0.1, 0.15) is 59.4 Å². The highest BCUT2D eigenvalue weighted by atomic mass is 16.5. The molecule has 2 rings (SSSR count). The number of carbonyl (C=O) groups is 1. The van der Waals surface area contributed by atoms with Gasteiger partial charge in [-0.15, -0.1) is 0 Å². The molecule has 3 heteroatoms. The summed E-state index contributed by atoms with van der Waals surface area (Å²) >= 11 is 0. The Morgan fingerprint density at radius 1 is 1.19 bits per heavy atom. The average molecular weight is 362 g/mol. The summed E-state index contributed by atoms with van der Waals surface area (Å²) in [6.45, 7) is 11.1. The van der Waals surface area contributed by atoms with Crippen LogP contribution in [0.2, 0.25) is 0 Å². The lowest BCUT2D eigenvalue weighted by Gasteiger charge is -2.11. The number of aryl methyl sites for hydroxylation is 1. The zero-order valence-corrected chi connectivity index (χ0v) is 17.6. The lowest BCUT2D eigenvalue weighted by molar-refractivity contribution is -0.124. The summed E-state index contributed by atoms with van der Waals surface area (Å²) < 4.78 is 5.02. The fourth-order valence-electron chi connectivity index (χ4n) is 2.18. The second kappa shape index (κ2) is 15.6. The van der Waals surface area contributed by atoms with Gasteiger partial charge in [0.1, 0.15) is 0 Å². The van der Waals surface area contributed by atoms with Crippen molar-refractivity contribution in [1.29, 1.82) is 0 Å². The number of hydrogen-bond donors (Lipinski definition) is 1. The topological polar surface area (TPSA) is 38.3 Å². The summed E-state index contributed by atoms with van der Waals surface area (Å²) in [5, 5.41) is 2.89. The van der Waals surface area contributed by atoms with Crippen LogP contribution in [0.5, 0.6) is 0 Å². The predicted molar refractivity (Wildman–Crippen MR) is 112 cm³/mol. The van der Waals surface area contributed by atoms with Gasteiger partial charge in [-0.1, -0.05) is 77.1 Å². The molecule has 0 saturated heterocycles. The molecule has 2 unspecified atom stereocenters. The van der Waals surface area contributed by atoms with Crippen LogP contribution in [0.4, 0.5) is 0 Å². The largest absolute Gasteiger partial charge is 0.377 e. The number of allylic oxidation sites excluding steroid dienone is 1. The summed E-state index contributed by atoms with van der Waals surface area (Å²) in [6, 6.07) is 10.5. The molecule has 1 aliphatic carbocycles. The maximum Gasteiger partial charge on any atom is 0.222 e. The average Bonchev–Trinajstić information content (AvgIpc) is 3.21. The van der Waals surface area contributed by atoms with Crippen molar-refractivity contribution in [2.75, 3.05) is 13.7 Å². The van der Waals surface area contributed by atoms with E-state index in [1.54, 1.807) is 7.11 Å². The zero-order valence-electron chi connectivity index (χ0n) is 17.6. The minimum atomic E-state index is 0.161. The minimum absolute atomic E-state index is 0.161. The molecule has 0 aliphatic heterocycles. The predicted octanol–water partition coefficient (Wildman–Crippen LogP) is 5.41. The fraction of sp³-hybridized carbons (Fsp3) is 0.609. The standard InChI is InChI=1S/C9H19NO.C8H10.C6H10O/c1-5-8(4)9(11)10-6-7(2)3;1-2-8-6-4-3-5-7-8;1-7-6-4-2-3-5-6/h7-8H,5-6H2,1-4H3,(H,10,11);3-7H,2H2,1H3;2,4,6H,3,5H2,1H3. The molecule has 3 nitrogen and oxygen atoms in total. The first kappa shape index (κ1) is 24.4. The van der Waals surface area contributed by atoms with Crippen LogP contribution in [0.25, 0.3) is 0 Å². The van der Waals surface area contributed by atoms with E-state index in [0.717, 1.165) is 19.4 Å². The number of rotatable bonds is 6. The van der Waals surface area contributed by atoms with Crippen molar-refractivity contribution >= 4 is 5.91 Å². The molecule has 0 spiro atoms. The van der Waals surface area contributed by atoms with Crippen molar-refractivity contribution < 1.29 is 9.53 Å². The van der Waals surface area contributed by atoms with Crippen molar-refractivity contribution in [3.8, 4) is 0 Å². The Labute approximate surface area is 161 Å². The molecule has 1 aromatic carbocycles. The lowest BCUT2D eigenvalue weighted by atomic mass is 10.1. The van der Waals surface area contributed by atoms with Gasteiger partial charge in [0.2, 0.25) is 5.91 Å². The molecule has 0 fully saturated rings. The normalized spacial score (nSPS) is 16.2. The van der Waals surface area contributed by atoms with Gasteiger partial charge < -0.3 is 10.1 Å². The molecular formula is C23H39NO2. The summed E-state index contributed by atoms with van der Waals surface area (Å²) in [5.41, 5.74) is 1.41. The Morgan fingerprint density at radius 3 is 2.19 bits per heavy atom. The number of carbonyl (C=O) groups excluding carboxylic acids is 1. The Balaban J connectivity index is 0.000000370.